The third-order valence-electron chi connectivity index (χ3n) is 6.60. The number of hydrogen-bond donors (Lipinski definition) is 1. The molecule has 0 saturated carbocycles. The number of nitrogens with one attached hydrogen (secondary N) is 1. The average molecular weight is 484 g/mol. The van der Waals surface area contributed by atoms with Gasteiger partial charge in [-0.2, -0.15) is 0 Å². The van der Waals surface area contributed by atoms with Crippen molar-refractivity contribution in [3.8, 4) is 22.8 Å². The number of nitrogens with zero attached hydrogens (tertiary/aromatic N) is 2. The number of H-pyrrole nitrogens is 1. The zero-order valence-electron chi connectivity index (χ0n) is 20.7. The largest absolute Gasteiger partial charge is 0.493 e. The molecule has 3 heterocycles. The second-order valence-electron chi connectivity index (χ2n) is 8.73. The van der Waals surface area contributed by atoms with E-state index in [2.05, 4.69) is 9.97 Å². The first-order valence-electron chi connectivity index (χ1n) is 11.9. The number of carbonyl (C=O) groups is 1. The minimum atomic E-state index is -0.0408. The number of methoxy groups -OCH3 is 3. The van der Waals surface area contributed by atoms with Crippen molar-refractivity contribution in [3.63, 3.8) is 0 Å². The van der Waals surface area contributed by atoms with Crippen LogP contribution >= 0.6 is 0 Å². The maximum Gasteiger partial charge on any atom is 0.246 e. The summed E-state index contributed by atoms with van der Waals surface area (Å²) in [4.78, 5) is 23.2. The molecule has 2 aromatic carbocycles. The normalized spacial score (nSPS) is 13.2. The van der Waals surface area contributed by atoms with Crippen LogP contribution in [0.1, 0.15) is 22.3 Å². The Kier molecular flexibility index (Phi) is 6.73. The zero-order chi connectivity index (χ0) is 25.1. The first-order valence-corrected chi connectivity index (χ1v) is 11.9. The number of carbonyl (C=O) groups excluding carboxylic acids is 1. The smallest absolute Gasteiger partial charge is 0.246 e. The lowest BCUT2D eigenvalue weighted by Crippen LogP contribution is -2.34. The van der Waals surface area contributed by atoms with Gasteiger partial charge in [0.25, 0.3) is 0 Å². The van der Waals surface area contributed by atoms with Gasteiger partial charge in [0.05, 0.1) is 26.5 Å². The maximum absolute atomic E-state index is 13.3. The summed E-state index contributed by atoms with van der Waals surface area (Å²) in [5, 5.41) is 0.961. The highest BCUT2D eigenvalue weighted by molar-refractivity contribution is 6.01. The number of benzene rings is 2. The van der Waals surface area contributed by atoms with Crippen molar-refractivity contribution in [2.24, 2.45) is 0 Å². The fourth-order valence-electron chi connectivity index (χ4n) is 4.81. The zero-order valence-corrected chi connectivity index (χ0v) is 20.7. The fraction of sp³-hybridized carbons (Fsp3) is 0.241. The van der Waals surface area contributed by atoms with Crippen molar-refractivity contribution >= 4 is 23.0 Å². The second-order valence-corrected chi connectivity index (χ2v) is 8.73. The van der Waals surface area contributed by atoms with Gasteiger partial charge >= 0.3 is 0 Å². The van der Waals surface area contributed by atoms with Crippen molar-refractivity contribution in [1.82, 2.24) is 14.9 Å². The van der Waals surface area contributed by atoms with Crippen LogP contribution in [0.2, 0.25) is 0 Å². The highest BCUT2D eigenvalue weighted by Gasteiger charge is 2.22. The lowest BCUT2D eigenvalue weighted by molar-refractivity contribution is -0.126. The summed E-state index contributed by atoms with van der Waals surface area (Å²) in [5.74, 6) is 1.34. The Morgan fingerprint density at radius 1 is 1.06 bits per heavy atom. The lowest BCUT2D eigenvalue weighted by Gasteiger charge is -2.28. The van der Waals surface area contributed by atoms with Gasteiger partial charge in [-0.1, -0.05) is 30.3 Å². The molecule has 0 bridgehead atoms. The molecule has 1 amide bonds. The van der Waals surface area contributed by atoms with Crippen molar-refractivity contribution < 1.29 is 19.0 Å². The predicted octanol–water partition coefficient (Wildman–Crippen LogP) is 4.99. The van der Waals surface area contributed by atoms with E-state index in [9.17, 15) is 4.79 Å². The standard InChI is InChI=1S/C29H29N3O4/c1-34-18-21-11-13-30-29-27(21)23(28(31-29)19-7-5-4-6-8-19)9-10-26(33)32-14-12-20-15-24(35-2)25(36-3)16-22(20)17-32/h4-11,13,15-16H,12,14,17-18H2,1-3H3,(H,30,31)/b10-9+. The summed E-state index contributed by atoms with van der Waals surface area (Å²) in [5.41, 5.74) is 6.91. The van der Waals surface area contributed by atoms with E-state index in [0.717, 1.165) is 45.4 Å². The molecule has 0 unspecified atom stereocenters. The molecule has 0 radical (unpaired) electrons. The third kappa shape index (κ3) is 4.45. The summed E-state index contributed by atoms with van der Waals surface area (Å²) in [7, 11) is 4.93. The molecule has 0 spiro atoms. The van der Waals surface area contributed by atoms with Crippen molar-refractivity contribution in [3.05, 3.63) is 83.1 Å². The molecule has 7 nitrogen and oxygen atoms in total. The number of hydrogen-bond acceptors (Lipinski definition) is 5. The van der Waals surface area contributed by atoms with E-state index in [-0.39, 0.29) is 5.91 Å². The molecular formula is C29H29N3O4. The molecule has 0 aliphatic carbocycles. The number of aromatic nitrogens is 2. The van der Waals surface area contributed by atoms with Crippen LogP contribution in [0.4, 0.5) is 0 Å². The topological polar surface area (TPSA) is 76.7 Å². The van der Waals surface area contributed by atoms with Crippen molar-refractivity contribution in [1.29, 1.82) is 0 Å². The molecular weight excluding hydrogens is 454 g/mol. The predicted molar refractivity (Wildman–Crippen MR) is 140 cm³/mol. The highest BCUT2D eigenvalue weighted by atomic mass is 16.5. The summed E-state index contributed by atoms with van der Waals surface area (Å²) in [6.07, 6.45) is 6.09. The molecule has 7 heteroatoms. The van der Waals surface area contributed by atoms with Crippen LogP contribution < -0.4 is 9.47 Å². The molecule has 1 N–H and O–H groups in total. The van der Waals surface area contributed by atoms with Gasteiger partial charge < -0.3 is 24.1 Å². The maximum atomic E-state index is 13.3. The number of ether oxygens (including phenoxy) is 3. The number of aromatic amines is 1. The van der Waals surface area contributed by atoms with Crippen LogP contribution in [-0.2, 0) is 29.1 Å². The molecule has 184 valence electrons. The van der Waals surface area contributed by atoms with Crippen LogP contribution in [0.15, 0.2) is 60.8 Å². The Morgan fingerprint density at radius 3 is 2.53 bits per heavy atom. The minimum Gasteiger partial charge on any atom is -0.493 e. The summed E-state index contributed by atoms with van der Waals surface area (Å²) in [6.45, 7) is 1.62. The Bertz CT molecular complexity index is 1430. The highest BCUT2D eigenvalue weighted by Crippen LogP contribution is 2.35. The van der Waals surface area contributed by atoms with Crippen molar-refractivity contribution in [2.75, 3.05) is 27.9 Å². The monoisotopic (exact) mass is 483 g/mol. The van der Waals surface area contributed by atoms with Gasteiger partial charge in [-0.25, -0.2) is 4.98 Å². The Hall–Kier alpha value is -4.10. The lowest BCUT2D eigenvalue weighted by atomic mass is 9.98. The van der Waals surface area contributed by atoms with Gasteiger partial charge in [0.2, 0.25) is 5.91 Å². The quantitative estimate of drug-likeness (QED) is 0.375. The van der Waals surface area contributed by atoms with E-state index in [1.54, 1.807) is 33.6 Å². The summed E-state index contributed by atoms with van der Waals surface area (Å²) in [6, 6.07) is 16.0. The number of amides is 1. The minimum absolute atomic E-state index is 0.0408. The van der Waals surface area contributed by atoms with E-state index >= 15 is 0 Å². The molecule has 0 atom stereocenters. The molecule has 1 aliphatic heterocycles. The van der Waals surface area contributed by atoms with E-state index in [0.29, 0.717) is 31.2 Å². The SMILES string of the molecule is COCc1ccnc2[nH]c(-c3ccccc3)c(/C=C/C(=O)N3CCc4cc(OC)c(OC)cc4C3)c12. The number of fused-ring (bicyclic) bond motifs is 2. The number of pyridine rings is 1. The van der Waals surface area contributed by atoms with E-state index < -0.39 is 0 Å². The van der Waals surface area contributed by atoms with Crippen LogP contribution in [-0.4, -0.2) is 48.6 Å². The van der Waals surface area contributed by atoms with Gasteiger partial charge in [-0.3, -0.25) is 4.79 Å². The van der Waals surface area contributed by atoms with Gasteiger partial charge in [-0.15, -0.1) is 0 Å². The van der Waals surface area contributed by atoms with Crippen LogP contribution in [0.25, 0.3) is 28.4 Å². The second kappa shape index (κ2) is 10.3. The van der Waals surface area contributed by atoms with Crippen LogP contribution in [0.3, 0.4) is 0 Å². The third-order valence-corrected chi connectivity index (χ3v) is 6.60. The number of rotatable bonds is 7. The molecule has 36 heavy (non-hydrogen) atoms. The fourth-order valence-corrected chi connectivity index (χ4v) is 4.81. The van der Waals surface area contributed by atoms with E-state index in [1.807, 2.05) is 59.5 Å². The van der Waals surface area contributed by atoms with Crippen molar-refractivity contribution in [2.45, 2.75) is 19.6 Å². The van der Waals surface area contributed by atoms with E-state index in [4.69, 9.17) is 14.2 Å². The Balaban J connectivity index is 1.48. The Labute approximate surface area is 210 Å². The molecule has 5 rings (SSSR count). The van der Waals surface area contributed by atoms with Gasteiger partial charge in [0, 0.05) is 43.4 Å². The van der Waals surface area contributed by atoms with Gasteiger partial charge in [0.1, 0.15) is 5.65 Å². The first kappa shape index (κ1) is 23.6. The first-order chi connectivity index (χ1) is 17.6. The van der Waals surface area contributed by atoms with Crippen LogP contribution in [0, 0.1) is 0 Å². The molecule has 0 fully saturated rings. The molecule has 4 aromatic rings. The molecule has 1 aliphatic rings. The molecule has 0 saturated heterocycles. The van der Waals surface area contributed by atoms with Gasteiger partial charge in [-0.05, 0) is 52.9 Å². The average Bonchev–Trinajstić information content (AvgIpc) is 3.30. The Morgan fingerprint density at radius 2 is 1.81 bits per heavy atom. The summed E-state index contributed by atoms with van der Waals surface area (Å²) < 4.78 is 16.3. The molecule has 2 aromatic heterocycles. The summed E-state index contributed by atoms with van der Waals surface area (Å²) >= 11 is 0. The van der Waals surface area contributed by atoms with Crippen LogP contribution in [0.5, 0.6) is 11.5 Å². The van der Waals surface area contributed by atoms with Gasteiger partial charge in [0.15, 0.2) is 11.5 Å². The van der Waals surface area contributed by atoms with E-state index in [1.165, 1.54) is 5.56 Å².